The fourth-order valence-corrected chi connectivity index (χ4v) is 2.44. The number of aliphatic carboxylic acids is 1. The molecule has 0 saturated carbocycles. The average molecular weight is 389 g/mol. The molecule has 0 radical (unpaired) electrons. The van der Waals surface area contributed by atoms with Crippen molar-refractivity contribution in [3.8, 4) is 11.5 Å². The molecule has 1 N–H and O–H groups in total. The molecular formula is C17H13BrN2O4. The van der Waals surface area contributed by atoms with Crippen molar-refractivity contribution in [3.05, 3.63) is 52.0 Å². The van der Waals surface area contributed by atoms with Gasteiger partial charge in [0.2, 0.25) is 0 Å². The van der Waals surface area contributed by atoms with Crippen LogP contribution in [0.5, 0.6) is 11.5 Å². The van der Waals surface area contributed by atoms with Crippen LogP contribution >= 0.6 is 15.9 Å². The molecule has 3 rings (SSSR count). The monoisotopic (exact) mass is 388 g/mol. The van der Waals surface area contributed by atoms with E-state index in [2.05, 4.69) is 26.2 Å². The van der Waals surface area contributed by atoms with E-state index in [-0.39, 0.29) is 12.2 Å². The van der Waals surface area contributed by atoms with Crippen molar-refractivity contribution in [1.82, 2.24) is 0 Å². The highest BCUT2D eigenvalue weighted by Crippen LogP contribution is 2.38. The van der Waals surface area contributed by atoms with Crippen LogP contribution in [-0.4, -0.2) is 24.8 Å². The van der Waals surface area contributed by atoms with Crippen molar-refractivity contribution < 1.29 is 19.4 Å². The number of rotatable bonds is 4. The molecule has 0 bridgehead atoms. The highest BCUT2D eigenvalue weighted by Gasteiger charge is 2.19. The van der Waals surface area contributed by atoms with Gasteiger partial charge in [0, 0.05) is 16.1 Å². The Kier molecular flexibility index (Phi) is 4.61. The fourth-order valence-electron chi connectivity index (χ4n) is 2.17. The minimum absolute atomic E-state index is 0.0191. The topological polar surface area (TPSA) is 80.5 Å². The summed E-state index contributed by atoms with van der Waals surface area (Å²) in [6.45, 7) is 0.0191. The van der Waals surface area contributed by atoms with E-state index < -0.39 is 5.97 Å². The summed E-state index contributed by atoms with van der Waals surface area (Å²) in [5.74, 6) is 0.0516. The number of ether oxygens (including phenoxy) is 2. The molecule has 0 aromatic heterocycles. The molecule has 24 heavy (non-hydrogen) atoms. The number of carboxylic acids is 1. The van der Waals surface area contributed by atoms with Gasteiger partial charge < -0.3 is 14.6 Å². The molecule has 0 fully saturated rings. The second kappa shape index (κ2) is 6.84. The Morgan fingerprint density at radius 1 is 1.25 bits per heavy atom. The number of methoxy groups -OCH3 is 1. The molecule has 0 amide bonds. The number of carboxylic acid groups (broad SMARTS) is 1. The summed E-state index contributed by atoms with van der Waals surface area (Å²) in [6, 6.07) is 10.8. The number of nitrogens with zero attached hydrogens (tertiary/aromatic N) is 2. The Bertz CT molecular complexity index is 844. The largest absolute Gasteiger partial charge is 0.494 e. The van der Waals surface area contributed by atoms with Crippen LogP contribution in [0.15, 0.2) is 56.7 Å². The van der Waals surface area contributed by atoms with E-state index >= 15 is 0 Å². The Morgan fingerprint density at radius 2 is 2.00 bits per heavy atom. The van der Waals surface area contributed by atoms with Gasteiger partial charge in [-0.2, -0.15) is 5.11 Å². The molecule has 122 valence electrons. The summed E-state index contributed by atoms with van der Waals surface area (Å²) in [5.41, 5.74) is 1.99. The summed E-state index contributed by atoms with van der Waals surface area (Å²) >= 11 is 3.36. The van der Waals surface area contributed by atoms with E-state index in [0.29, 0.717) is 28.4 Å². The van der Waals surface area contributed by atoms with Crippen LogP contribution in [-0.2, 0) is 4.79 Å². The van der Waals surface area contributed by atoms with Crippen LogP contribution in [0, 0.1) is 0 Å². The zero-order valence-corrected chi connectivity index (χ0v) is 14.3. The maximum Gasteiger partial charge on any atom is 0.335 e. The van der Waals surface area contributed by atoms with Gasteiger partial charge in [-0.05, 0) is 36.4 Å². The van der Waals surface area contributed by atoms with Crippen molar-refractivity contribution in [3.63, 3.8) is 0 Å². The van der Waals surface area contributed by atoms with Gasteiger partial charge in [0.05, 0.1) is 18.4 Å². The Labute approximate surface area is 146 Å². The van der Waals surface area contributed by atoms with Gasteiger partial charge in [-0.15, -0.1) is 5.11 Å². The molecule has 0 unspecified atom stereocenters. The van der Waals surface area contributed by atoms with E-state index in [1.807, 2.05) is 24.3 Å². The zero-order chi connectivity index (χ0) is 17.1. The van der Waals surface area contributed by atoms with E-state index in [1.54, 1.807) is 18.2 Å². The lowest BCUT2D eigenvalue weighted by Crippen LogP contribution is -2.14. The lowest BCUT2D eigenvalue weighted by atomic mass is 10.1. The summed E-state index contributed by atoms with van der Waals surface area (Å²) in [7, 11) is 1.53. The maximum absolute atomic E-state index is 11.1. The maximum atomic E-state index is 11.1. The van der Waals surface area contributed by atoms with Crippen LogP contribution in [0.2, 0.25) is 0 Å². The molecule has 0 aliphatic carbocycles. The first-order chi connectivity index (χ1) is 11.6. The number of hydrogen-bond acceptors (Lipinski definition) is 5. The van der Waals surface area contributed by atoms with Gasteiger partial charge in [0.15, 0.2) is 0 Å². The minimum Gasteiger partial charge on any atom is -0.494 e. The van der Waals surface area contributed by atoms with Crippen molar-refractivity contribution in [1.29, 1.82) is 0 Å². The van der Waals surface area contributed by atoms with Gasteiger partial charge in [-0.1, -0.05) is 15.9 Å². The Hall–Kier alpha value is -2.67. The number of halogens is 1. The number of hydrogen-bond donors (Lipinski definition) is 1. The predicted molar refractivity (Wildman–Crippen MR) is 92.4 cm³/mol. The molecule has 0 saturated heterocycles. The molecule has 2 aromatic carbocycles. The second-order valence-corrected chi connectivity index (χ2v) is 5.92. The number of azo groups is 1. The Morgan fingerprint density at radius 3 is 2.67 bits per heavy atom. The quantitative estimate of drug-likeness (QED) is 0.767. The first-order valence-corrected chi connectivity index (χ1v) is 7.82. The Balaban J connectivity index is 1.97. The molecule has 0 atom stereocenters. The summed E-state index contributed by atoms with van der Waals surface area (Å²) < 4.78 is 11.7. The summed E-state index contributed by atoms with van der Waals surface area (Å²) in [4.78, 5) is 11.1. The van der Waals surface area contributed by atoms with Crippen LogP contribution in [0.25, 0.3) is 6.08 Å². The molecule has 1 heterocycles. The molecular weight excluding hydrogens is 376 g/mol. The highest BCUT2D eigenvalue weighted by atomic mass is 79.9. The highest BCUT2D eigenvalue weighted by molar-refractivity contribution is 9.10. The van der Waals surface area contributed by atoms with E-state index in [1.165, 1.54) is 7.11 Å². The van der Waals surface area contributed by atoms with E-state index in [0.717, 1.165) is 4.47 Å². The third kappa shape index (κ3) is 3.46. The molecule has 2 aromatic rings. The third-order valence-corrected chi connectivity index (χ3v) is 3.93. The standard InChI is InChI=1S/C17H13BrN2O4/c1-23-16-8-15-10(6-11(9-24-15)17(21)22)7-14(16)20-19-13-4-2-12(18)3-5-13/h2-8H,9H2,1H3,(H,21,22). The first-order valence-electron chi connectivity index (χ1n) is 7.03. The molecule has 7 heteroatoms. The normalized spacial score (nSPS) is 13.2. The van der Waals surface area contributed by atoms with Gasteiger partial charge in [-0.25, -0.2) is 4.79 Å². The number of benzene rings is 2. The van der Waals surface area contributed by atoms with Crippen LogP contribution in [0.4, 0.5) is 11.4 Å². The van der Waals surface area contributed by atoms with Crippen molar-refractivity contribution >= 4 is 39.4 Å². The van der Waals surface area contributed by atoms with Crippen molar-refractivity contribution in [2.45, 2.75) is 0 Å². The predicted octanol–water partition coefficient (Wildman–Crippen LogP) is 4.73. The zero-order valence-electron chi connectivity index (χ0n) is 12.7. The van der Waals surface area contributed by atoms with E-state index in [4.69, 9.17) is 14.6 Å². The number of fused-ring (bicyclic) bond motifs is 1. The lowest BCUT2D eigenvalue weighted by Gasteiger charge is -2.17. The van der Waals surface area contributed by atoms with Gasteiger partial charge in [0.1, 0.15) is 23.8 Å². The van der Waals surface area contributed by atoms with Gasteiger partial charge in [-0.3, -0.25) is 0 Å². The van der Waals surface area contributed by atoms with Gasteiger partial charge >= 0.3 is 5.97 Å². The minimum atomic E-state index is -1.01. The summed E-state index contributed by atoms with van der Waals surface area (Å²) in [5, 5.41) is 17.5. The van der Waals surface area contributed by atoms with E-state index in [9.17, 15) is 4.79 Å². The average Bonchev–Trinajstić information content (AvgIpc) is 2.59. The first kappa shape index (κ1) is 16.2. The molecule has 0 spiro atoms. The molecule has 6 nitrogen and oxygen atoms in total. The van der Waals surface area contributed by atoms with Crippen molar-refractivity contribution in [2.75, 3.05) is 13.7 Å². The second-order valence-electron chi connectivity index (χ2n) is 5.00. The smallest absolute Gasteiger partial charge is 0.335 e. The number of carbonyl (C=O) groups is 1. The molecule has 1 aliphatic rings. The summed E-state index contributed by atoms with van der Waals surface area (Å²) in [6.07, 6.45) is 1.57. The SMILES string of the molecule is COc1cc2c(cc1N=Nc1ccc(Br)cc1)C=C(C(=O)O)CO2. The lowest BCUT2D eigenvalue weighted by molar-refractivity contribution is -0.132. The fraction of sp³-hybridized carbons (Fsp3) is 0.118. The van der Waals surface area contributed by atoms with Crippen LogP contribution < -0.4 is 9.47 Å². The van der Waals surface area contributed by atoms with Crippen molar-refractivity contribution in [2.24, 2.45) is 10.2 Å². The van der Waals surface area contributed by atoms with Gasteiger partial charge in [0.25, 0.3) is 0 Å². The molecule has 1 aliphatic heterocycles. The van der Waals surface area contributed by atoms with Crippen LogP contribution in [0.3, 0.4) is 0 Å². The third-order valence-electron chi connectivity index (χ3n) is 3.40. The van der Waals surface area contributed by atoms with Crippen LogP contribution in [0.1, 0.15) is 5.56 Å².